The Morgan fingerprint density at radius 1 is 1.23 bits per heavy atom. The van der Waals surface area contributed by atoms with Crippen LogP contribution in [0.1, 0.15) is 22.9 Å². The van der Waals surface area contributed by atoms with Crippen molar-refractivity contribution in [2.45, 2.75) is 13.3 Å². The molecule has 0 saturated heterocycles. The average molecular weight is 383 g/mol. The van der Waals surface area contributed by atoms with Crippen molar-refractivity contribution in [2.24, 2.45) is 4.99 Å². The number of thiazole rings is 1. The normalized spacial score (nSPS) is 14.2. The molecule has 0 spiro atoms. The van der Waals surface area contributed by atoms with Crippen molar-refractivity contribution >= 4 is 46.5 Å². The van der Waals surface area contributed by atoms with Crippen LogP contribution < -0.4 is 4.87 Å². The smallest absolute Gasteiger partial charge is 0.315 e. The molecule has 1 aliphatic heterocycles. The molecule has 0 fully saturated rings. The first-order valence-corrected chi connectivity index (χ1v) is 9.36. The van der Waals surface area contributed by atoms with E-state index in [0.29, 0.717) is 15.6 Å². The molecule has 0 saturated carbocycles. The molecule has 0 aliphatic carbocycles. The molecule has 2 heterocycles. The largest absolute Gasteiger partial charge is 0.493 e. The van der Waals surface area contributed by atoms with Crippen LogP contribution in [0.2, 0.25) is 5.02 Å². The van der Waals surface area contributed by atoms with Gasteiger partial charge in [0.25, 0.3) is 0 Å². The maximum absolute atomic E-state index is 12.4. The molecule has 2 aromatic carbocycles. The summed E-state index contributed by atoms with van der Waals surface area (Å²) in [6, 6.07) is 12.8. The van der Waals surface area contributed by atoms with E-state index in [9.17, 15) is 9.90 Å². The van der Waals surface area contributed by atoms with Crippen LogP contribution in [0, 0.1) is 0 Å². The average Bonchev–Trinajstić information content (AvgIpc) is 3.17. The van der Waals surface area contributed by atoms with E-state index >= 15 is 0 Å². The van der Waals surface area contributed by atoms with E-state index in [2.05, 4.69) is 18.0 Å². The quantitative estimate of drug-likeness (QED) is 0.687. The van der Waals surface area contributed by atoms with Gasteiger partial charge in [0.2, 0.25) is 5.88 Å². The first-order valence-electron chi connectivity index (χ1n) is 8.17. The Balaban J connectivity index is 1.80. The molecule has 0 atom stereocenters. The second-order valence-corrected chi connectivity index (χ2v) is 7.32. The van der Waals surface area contributed by atoms with E-state index < -0.39 is 0 Å². The number of aromatic nitrogens is 1. The standard InChI is InChI=1S/C20H15ClN2O2S/c1-2-12-4-3-5-16-13(11-22-18(12)16)10-17-19(24)23(20(25)26-17)15-8-6-14(21)7-9-15/h3-11,24H,2H2,1H3. The molecule has 1 aromatic heterocycles. The molecule has 6 heteroatoms. The number of benzene rings is 2. The number of hydrogen-bond acceptors (Lipinski definition) is 4. The zero-order chi connectivity index (χ0) is 18.3. The molecule has 1 N–H and O–H groups in total. The van der Waals surface area contributed by atoms with Gasteiger partial charge in [0.05, 0.1) is 16.3 Å². The lowest BCUT2D eigenvalue weighted by Crippen LogP contribution is -2.09. The molecular weight excluding hydrogens is 368 g/mol. The third-order valence-electron chi connectivity index (χ3n) is 4.33. The van der Waals surface area contributed by atoms with Gasteiger partial charge in [-0.05, 0) is 42.3 Å². The molecule has 1 aliphatic rings. The van der Waals surface area contributed by atoms with Crippen molar-refractivity contribution < 1.29 is 5.11 Å². The molecule has 0 amide bonds. The Kier molecular flexibility index (Phi) is 4.26. The highest BCUT2D eigenvalue weighted by Crippen LogP contribution is 2.37. The van der Waals surface area contributed by atoms with Gasteiger partial charge in [-0.3, -0.25) is 9.79 Å². The molecule has 0 unspecified atom stereocenters. The van der Waals surface area contributed by atoms with Crippen LogP contribution in [-0.2, 0) is 6.42 Å². The van der Waals surface area contributed by atoms with Crippen LogP contribution >= 0.6 is 22.9 Å². The van der Waals surface area contributed by atoms with E-state index in [1.165, 1.54) is 10.1 Å². The molecule has 0 radical (unpaired) electrons. The molecular formula is C20H15ClN2O2S. The van der Waals surface area contributed by atoms with Gasteiger partial charge in [-0.25, -0.2) is 4.57 Å². The first kappa shape index (κ1) is 16.8. The summed E-state index contributed by atoms with van der Waals surface area (Å²) in [5.74, 6) is -0.0803. The first-order chi connectivity index (χ1) is 12.6. The lowest BCUT2D eigenvalue weighted by atomic mass is 10.0. The third-order valence-corrected chi connectivity index (χ3v) is 5.46. The van der Waals surface area contributed by atoms with Crippen LogP contribution in [0.25, 0.3) is 17.3 Å². The number of hydrogen-bond donors (Lipinski definition) is 1. The van der Waals surface area contributed by atoms with Gasteiger partial charge in [-0.2, -0.15) is 0 Å². The van der Waals surface area contributed by atoms with E-state index in [0.717, 1.165) is 34.6 Å². The zero-order valence-electron chi connectivity index (χ0n) is 13.9. The Morgan fingerprint density at radius 3 is 2.73 bits per heavy atom. The zero-order valence-corrected chi connectivity index (χ0v) is 15.5. The Labute approximate surface area is 159 Å². The van der Waals surface area contributed by atoms with Crippen molar-refractivity contribution in [1.29, 1.82) is 0 Å². The highest BCUT2D eigenvalue weighted by atomic mass is 35.5. The van der Waals surface area contributed by atoms with Crippen LogP contribution in [0.15, 0.2) is 52.3 Å². The maximum atomic E-state index is 12.4. The number of aliphatic imine (C=N–C) groups is 1. The van der Waals surface area contributed by atoms with Gasteiger partial charge in [0.15, 0.2) is 0 Å². The van der Waals surface area contributed by atoms with Crippen molar-refractivity contribution in [3.05, 3.63) is 73.2 Å². The van der Waals surface area contributed by atoms with Gasteiger partial charge in [-0.15, -0.1) is 0 Å². The number of aryl methyl sites for hydroxylation is 1. The van der Waals surface area contributed by atoms with Gasteiger partial charge in [0.1, 0.15) is 0 Å². The number of para-hydroxylation sites is 1. The number of rotatable bonds is 3. The second kappa shape index (κ2) is 6.59. The Morgan fingerprint density at radius 2 is 2.00 bits per heavy atom. The molecule has 3 aromatic rings. The Bertz CT molecular complexity index is 1110. The van der Waals surface area contributed by atoms with E-state index in [-0.39, 0.29) is 10.8 Å². The fourth-order valence-corrected chi connectivity index (χ4v) is 3.98. The number of aromatic hydroxyl groups is 1. The van der Waals surface area contributed by atoms with Crippen molar-refractivity contribution in [1.82, 2.24) is 4.57 Å². The minimum absolute atomic E-state index is 0.0803. The molecule has 0 bridgehead atoms. The van der Waals surface area contributed by atoms with Crippen LogP contribution in [0.4, 0.5) is 5.69 Å². The second-order valence-electron chi connectivity index (χ2n) is 5.89. The van der Waals surface area contributed by atoms with Gasteiger partial charge in [-0.1, -0.05) is 48.1 Å². The van der Waals surface area contributed by atoms with Crippen LogP contribution in [0.5, 0.6) is 5.88 Å². The summed E-state index contributed by atoms with van der Waals surface area (Å²) < 4.78 is 1.28. The molecule has 26 heavy (non-hydrogen) atoms. The third kappa shape index (κ3) is 2.79. The fraction of sp³-hybridized carbons (Fsp3) is 0.100. The summed E-state index contributed by atoms with van der Waals surface area (Å²) >= 11 is 6.90. The van der Waals surface area contributed by atoms with E-state index in [1.54, 1.807) is 30.5 Å². The number of nitrogens with zero attached hydrogens (tertiary/aromatic N) is 2. The summed E-state index contributed by atoms with van der Waals surface area (Å²) in [4.78, 5) is 17.1. The van der Waals surface area contributed by atoms with Gasteiger partial charge in [0, 0.05) is 22.4 Å². The lowest BCUT2D eigenvalue weighted by Gasteiger charge is -2.05. The predicted octanol–water partition coefficient (Wildman–Crippen LogP) is 5.08. The Hall–Kier alpha value is -2.63. The minimum atomic E-state index is -0.255. The summed E-state index contributed by atoms with van der Waals surface area (Å²) in [6.45, 7) is 2.09. The minimum Gasteiger partial charge on any atom is -0.493 e. The fourth-order valence-electron chi connectivity index (χ4n) is 3.02. The number of halogens is 1. The molecule has 130 valence electrons. The van der Waals surface area contributed by atoms with Gasteiger partial charge >= 0.3 is 4.87 Å². The predicted molar refractivity (Wildman–Crippen MR) is 108 cm³/mol. The van der Waals surface area contributed by atoms with E-state index in [1.807, 2.05) is 18.2 Å². The number of fused-ring (bicyclic) bond motifs is 1. The highest BCUT2D eigenvalue weighted by Gasteiger charge is 2.18. The summed E-state index contributed by atoms with van der Waals surface area (Å²) in [5.41, 5.74) is 4.62. The van der Waals surface area contributed by atoms with E-state index in [4.69, 9.17) is 11.6 Å². The monoisotopic (exact) mass is 382 g/mol. The SMILES string of the molecule is CCc1cccc2c1N=CC2=Cc1sc(=O)n(-c2ccc(Cl)cc2)c1O. The molecule has 4 nitrogen and oxygen atoms in total. The van der Waals surface area contributed by atoms with Crippen molar-refractivity contribution in [3.63, 3.8) is 0 Å². The molecule has 4 rings (SSSR count). The van der Waals surface area contributed by atoms with Gasteiger partial charge < -0.3 is 5.11 Å². The van der Waals surface area contributed by atoms with Crippen LogP contribution in [-0.4, -0.2) is 15.9 Å². The summed E-state index contributed by atoms with van der Waals surface area (Å²) in [5, 5.41) is 11.2. The summed E-state index contributed by atoms with van der Waals surface area (Å²) in [6.07, 6.45) is 4.49. The lowest BCUT2D eigenvalue weighted by molar-refractivity contribution is 0.440. The van der Waals surface area contributed by atoms with Crippen molar-refractivity contribution in [3.8, 4) is 11.6 Å². The maximum Gasteiger partial charge on any atom is 0.315 e. The van der Waals surface area contributed by atoms with Crippen LogP contribution in [0.3, 0.4) is 0 Å². The highest BCUT2D eigenvalue weighted by molar-refractivity contribution is 7.10. The number of allylic oxidation sites excluding steroid dienone is 1. The summed E-state index contributed by atoms with van der Waals surface area (Å²) in [7, 11) is 0. The van der Waals surface area contributed by atoms with Crippen molar-refractivity contribution in [2.75, 3.05) is 0 Å². The topological polar surface area (TPSA) is 54.6 Å².